The lowest BCUT2D eigenvalue weighted by molar-refractivity contribution is 0.287. The Morgan fingerprint density at radius 2 is 1.64 bits per heavy atom. The molecule has 2 aromatic rings. The molecule has 0 spiro atoms. The Labute approximate surface area is 173 Å². The van der Waals surface area contributed by atoms with Crippen molar-refractivity contribution in [2.45, 2.75) is 30.7 Å². The number of nitrogens with two attached hydrogens (primary N) is 1. The molecule has 154 valence electrons. The van der Waals surface area contributed by atoms with Gasteiger partial charge in [-0.1, -0.05) is 30.3 Å². The smallest absolute Gasteiger partial charge is 0.243 e. The van der Waals surface area contributed by atoms with Gasteiger partial charge in [-0.3, -0.25) is 0 Å². The summed E-state index contributed by atoms with van der Waals surface area (Å²) in [5.74, 6) is 0.956. The van der Waals surface area contributed by atoms with Crippen LogP contribution in [0.25, 0.3) is 0 Å². The molecule has 3 rings (SSSR count). The van der Waals surface area contributed by atoms with E-state index in [1.54, 1.807) is 12.1 Å². The van der Waals surface area contributed by atoms with Crippen LogP contribution in [0.1, 0.15) is 25.3 Å². The highest BCUT2D eigenvalue weighted by atomic mass is 35.5. The highest BCUT2D eigenvalue weighted by Crippen LogP contribution is 2.34. The van der Waals surface area contributed by atoms with Crippen molar-refractivity contribution in [2.75, 3.05) is 26.3 Å². The molecule has 28 heavy (non-hydrogen) atoms. The summed E-state index contributed by atoms with van der Waals surface area (Å²) in [7, 11) is -3.67. The van der Waals surface area contributed by atoms with Crippen molar-refractivity contribution in [2.24, 2.45) is 5.73 Å². The van der Waals surface area contributed by atoms with Gasteiger partial charge >= 0.3 is 0 Å². The van der Waals surface area contributed by atoms with Crippen LogP contribution in [-0.2, 0) is 10.0 Å². The monoisotopic (exact) mass is 426 g/mol. The molecule has 0 amide bonds. The maximum absolute atomic E-state index is 13.2. The van der Waals surface area contributed by atoms with Crippen molar-refractivity contribution in [1.29, 1.82) is 0 Å². The molecule has 0 bridgehead atoms. The molecule has 0 saturated carbocycles. The van der Waals surface area contributed by atoms with E-state index >= 15 is 0 Å². The Bertz CT molecular complexity index is 877. The average Bonchev–Trinajstić information content (AvgIpc) is 3.07. The molecular weight excluding hydrogens is 400 g/mol. The molecule has 8 heteroatoms. The van der Waals surface area contributed by atoms with Gasteiger partial charge in [0.2, 0.25) is 10.0 Å². The molecular formula is C20H27ClN2O4S. The van der Waals surface area contributed by atoms with Crippen LogP contribution in [0, 0.1) is 0 Å². The molecule has 1 heterocycles. The molecule has 1 saturated heterocycles. The number of rotatable bonds is 7. The Morgan fingerprint density at radius 1 is 1.00 bits per heavy atom. The Morgan fingerprint density at radius 3 is 2.29 bits per heavy atom. The second-order valence-electron chi connectivity index (χ2n) is 6.48. The fraction of sp³-hybridized carbons (Fsp3) is 0.400. The first-order valence-electron chi connectivity index (χ1n) is 9.17. The van der Waals surface area contributed by atoms with E-state index in [0.29, 0.717) is 37.8 Å². The van der Waals surface area contributed by atoms with E-state index < -0.39 is 10.0 Å². The summed E-state index contributed by atoms with van der Waals surface area (Å²) in [6.45, 7) is 5.28. The molecule has 1 aliphatic rings. The van der Waals surface area contributed by atoms with Gasteiger partial charge in [-0.05, 0) is 31.5 Å². The lowest BCUT2D eigenvalue weighted by atomic mass is 9.95. The minimum Gasteiger partial charge on any atom is -0.490 e. The predicted molar refractivity (Wildman–Crippen MR) is 112 cm³/mol. The minimum absolute atomic E-state index is 0. The van der Waals surface area contributed by atoms with Crippen molar-refractivity contribution in [3.05, 3.63) is 54.1 Å². The SMILES string of the molecule is CCOc1ccc(S(=O)(=O)N2C[C@@H](N)[C@H](c3ccccc3)C2)cc1OCC.Cl. The van der Waals surface area contributed by atoms with Gasteiger partial charge in [-0.15, -0.1) is 12.4 Å². The van der Waals surface area contributed by atoms with Crippen molar-refractivity contribution in [3.8, 4) is 11.5 Å². The zero-order valence-corrected chi connectivity index (χ0v) is 17.7. The fourth-order valence-corrected chi connectivity index (χ4v) is 4.90. The number of ether oxygens (including phenoxy) is 2. The van der Waals surface area contributed by atoms with Crippen LogP contribution < -0.4 is 15.2 Å². The summed E-state index contributed by atoms with van der Waals surface area (Å²) in [4.78, 5) is 0.190. The quantitative estimate of drug-likeness (QED) is 0.735. The topological polar surface area (TPSA) is 81.9 Å². The number of benzene rings is 2. The normalized spacial score (nSPS) is 19.8. The number of hydrogen-bond acceptors (Lipinski definition) is 5. The third kappa shape index (κ3) is 4.60. The maximum atomic E-state index is 13.2. The lowest BCUT2D eigenvalue weighted by Gasteiger charge is -2.18. The molecule has 1 fully saturated rings. The first-order valence-corrected chi connectivity index (χ1v) is 10.6. The summed E-state index contributed by atoms with van der Waals surface area (Å²) in [5, 5.41) is 0. The van der Waals surface area contributed by atoms with Gasteiger partial charge in [0.05, 0.1) is 18.1 Å². The van der Waals surface area contributed by atoms with Gasteiger partial charge < -0.3 is 15.2 Å². The molecule has 0 aliphatic carbocycles. The largest absolute Gasteiger partial charge is 0.490 e. The molecule has 1 aliphatic heterocycles. The summed E-state index contributed by atoms with van der Waals surface area (Å²) in [5.41, 5.74) is 7.33. The maximum Gasteiger partial charge on any atom is 0.243 e. The van der Waals surface area contributed by atoms with Crippen LogP contribution in [-0.4, -0.2) is 45.1 Å². The highest BCUT2D eigenvalue weighted by Gasteiger charge is 2.38. The van der Waals surface area contributed by atoms with Crippen LogP contribution >= 0.6 is 12.4 Å². The average molecular weight is 427 g/mol. The summed E-state index contributed by atoms with van der Waals surface area (Å²) in [6, 6.07) is 14.3. The van der Waals surface area contributed by atoms with Crippen molar-refractivity contribution < 1.29 is 17.9 Å². The van der Waals surface area contributed by atoms with E-state index in [4.69, 9.17) is 15.2 Å². The molecule has 0 radical (unpaired) electrons. The van der Waals surface area contributed by atoms with Crippen molar-refractivity contribution in [1.82, 2.24) is 4.31 Å². The Kier molecular flexibility index (Phi) is 7.71. The predicted octanol–water partition coefficient (Wildman–Crippen LogP) is 3.02. The standard InChI is InChI=1S/C20H26N2O4S.ClH/c1-3-25-19-11-10-16(12-20(19)26-4-2)27(23,24)22-13-17(18(21)14-22)15-8-6-5-7-9-15;/h5-12,17-18H,3-4,13-14,21H2,1-2H3;1H/t17-,18+;/m0./s1. The van der Waals surface area contributed by atoms with E-state index in [-0.39, 0.29) is 29.3 Å². The molecule has 2 N–H and O–H groups in total. The van der Waals surface area contributed by atoms with Gasteiger partial charge in [0.25, 0.3) is 0 Å². The molecule has 0 unspecified atom stereocenters. The van der Waals surface area contributed by atoms with Gasteiger partial charge in [-0.2, -0.15) is 4.31 Å². The second kappa shape index (κ2) is 9.60. The number of halogens is 1. The van der Waals surface area contributed by atoms with E-state index in [2.05, 4.69) is 0 Å². The fourth-order valence-electron chi connectivity index (χ4n) is 3.38. The van der Waals surface area contributed by atoms with Crippen LogP contribution in [0.4, 0.5) is 0 Å². The van der Waals surface area contributed by atoms with Crippen molar-refractivity contribution in [3.63, 3.8) is 0 Å². The highest BCUT2D eigenvalue weighted by molar-refractivity contribution is 7.89. The van der Waals surface area contributed by atoms with E-state index in [9.17, 15) is 8.42 Å². The van der Waals surface area contributed by atoms with Crippen LogP contribution in [0.2, 0.25) is 0 Å². The van der Waals surface area contributed by atoms with E-state index in [0.717, 1.165) is 5.56 Å². The van der Waals surface area contributed by atoms with Crippen LogP contribution in [0.15, 0.2) is 53.4 Å². The van der Waals surface area contributed by atoms with Gasteiger partial charge in [0, 0.05) is 31.1 Å². The third-order valence-electron chi connectivity index (χ3n) is 4.71. The third-order valence-corrected chi connectivity index (χ3v) is 6.54. The first-order chi connectivity index (χ1) is 13.0. The zero-order valence-electron chi connectivity index (χ0n) is 16.1. The van der Waals surface area contributed by atoms with Gasteiger partial charge in [-0.25, -0.2) is 8.42 Å². The molecule has 0 aromatic heterocycles. The lowest BCUT2D eigenvalue weighted by Crippen LogP contribution is -2.32. The number of hydrogen-bond donors (Lipinski definition) is 1. The minimum atomic E-state index is -3.67. The Balaban J connectivity index is 0.00000280. The number of sulfonamides is 1. The molecule has 6 nitrogen and oxygen atoms in total. The summed E-state index contributed by atoms with van der Waals surface area (Å²) >= 11 is 0. The van der Waals surface area contributed by atoms with Crippen LogP contribution in [0.3, 0.4) is 0 Å². The number of nitrogens with zero attached hydrogens (tertiary/aromatic N) is 1. The van der Waals surface area contributed by atoms with Crippen LogP contribution in [0.5, 0.6) is 11.5 Å². The zero-order chi connectivity index (χ0) is 19.4. The van der Waals surface area contributed by atoms with Gasteiger partial charge in [0.15, 0.2) is 11.5 Å². The molecule has 2 aromatic carbocycles. The van der Waals surface area contributed by atoms with Gasteiger partial charge in [0.1, 0.15) is 0 Å². The Hall–Kier alpha value is -1.80. The van der Waals surface area contributed by atoms with E-state index in [1.165, 1.54) is 10.4 Å². The van der Waals surface area contributed by atoms with Crippen molar-refractivity contribution >= 4 is 22.4 Å². The first kappa shape index (κ1) is 22.5. The van der Waals surface area contributed by atoms with E-state index in [1.807, 2.05) is 44.2 Å². The summed E-state index contributed by atoms with van der Waals surface area (Å²) in [6.07, 6.45) is 0. The second-order valence-corrected chi connectivity index (χ2v) is 8.42. The molecule has 2 atom stereocenters. The summed E-state index contributed by atoms with van der Waals surface area (Å²) < 4.78 is 38.9.